The standard InChI is InChI=1S/C25H23N3O3S2/c1-3-13-31-18-8-6-7-16(14-18)23(29)28-25(32)27-20-15-17(11-12-21(20)30-2)24-26-19-9-4-5-10-22(19)33-24/h4-12,14-15H,3,13H2,1-2H3,(H2,27,28,29,32). The van der Waals surface area contributed by atoms with Crippen LogP contribution in [0, 0.1) is 0 Å². The highest BCUT2D eigenvalue weighted by Crippen LogP contribution is 2.34. The molecule has 8 heteroatoms. The van der Waals surface area contributed by atoms with Crippen LogP contribution in [0.3, 0.4) is 0 Å². The molecule has 0 unspecified atom stereocenters. The second-order valence-corrected chi connectivity index (χ2v) is 8.63. The number of para-hydroxylation sites is 1. The minimum atomic E-state index is -0.323. The van der Waals surface area contributed by atoms with Crippen molar-refractivity contribution in [1.29, 1.82) is 0 Å². The van der Waals surface area contributed by atoms with Crippen LogP contribution in [0.15, 0.2) is 66.7 Å². The first-order chi connectivity index (χ1) is 16.1. The minimum absolute atomic E-state index is 0.166. The normalized spacial score (nSPS) is 10.6. The molecule has 1 amide bonds. The summed E-state index contributed by atoms with van der Waals surface area (Å²) in [5, 5.41) is 6.85. The number of amides is 1. The van der Waals surface area contributed by atoms with E-state index in [1.165, 1.54) is 0 Å². The van der Waals surface area contributed by atoms with Crippen molar-refractivity contribution in [1.82, 2.24) is 10.3 Å². The van der Waals surface area contributed by atoms with Gasteiger partial charge in [-0.3, -0.25) is 10.1 Å². The molecule has 0 saturated heterocycles. The zero-order valence-electron chi connectivity index (χ0n) is 18.3. The molecule has 33 heavy (non-hydrogen) atoms. The molecule has 0 bridgehead atoms. The second-order valence-electron chi connectivity index (χ2n) is 7.19. The fraction of sp³-hybridized carbons (Fsp3) is 0.160. The number of hydrogen-bond acceptors (Lipinski definition) is 6. The van der Waals surface area contributed by atoms with Crippen molar-refractivity contribution < 1.29 is 14.3 Å². The number of thiocarbonyl (C=S) groups is 1. The van der Waals surface area contributed by atoms with Gasteiger partial charge in [0.25, 0.3) is 5.91 Å². The number of hydrogen-bond donors (Lipinski definition) is 2. The van der Waals surface area contributed by atoms with Crippen LogP contribution in [0.5, 0.6) is 11.5 Å². The molecule has 2 N–H and O–H groups in total. The Balaban J connectivity index is 1.50. The van der Waals surface area contributed by atoms with Gasteiger partial charge in [0.05, 0.1) is 29.6 Å². The molecule has 0 spiro atoms. The molecule has 0 aliphatic heterocycles. The average Bonchev–Trinajstić information content (AvgIpc) is 3.27. The summed E-state index contributed by atoms with van der Waals surface area (Å²) in [6.07, 6.45) is 0.891. The molecule has 0 aliphatic rings. The first-order valence-electron chi connectivity index (χ1n) is 10.5. The molecule has 4 rings (SSSR count). The van der Waals surface area contributed by atoms with Crippen LogP contribution in [0.4, 0.5) is 5.69 Å². The van der Waals surface area contributed by atoms with E-state index in [0.29, 0.717) is 29.4 Å². The van der Waals surface area contributed by atoms with E-state index in [1.54, 1.807) is 36.6 Å². The number of benzene rings is 3. The summed E-state index contributed by atoms with van der Waals surface area (Å²) in [5.74, 6) is 0.927. The molecular formula is C25H23N3O3S2. The molecule has 6 nitrogen and oxygen atoms in total. The number of methoxy groups -OCH3 is 1. The minimum Gasteiger partial charge on any atom is -0.495 e. The highest BCUT2D eigenvalue weighted by atomic mass is 32.1. The molecule has 3 aromatic carbocycles. The van der Waals surface area contributed by atoms with Crippen molar-refractivity contribution in [2.75, 3.05) is 19.0 Å². The van der Waals surface area contributed by atoms with E-state index in [9.17, 15) is 4.79 Å². The molecule has 0 aliphatic carbocycles. The SMILES string of the molecule is CCCOc1cccc(C(=O)NC(=S)Nc2cc(-c3nc4ccccc4s3)ccc2OC)c1. The van der Waals surface area contributed by atoms with Crippen molar-refractivity contribution in [2.24, 2.45) is 0 Å². The first-order valence-corrected chi connectivity index (χ1v) is 11.7. The molecule has 1 aromatic heterocycles. The Kier molecular flexibility index (Phi) is 7.16. The van der Waals surface area contributed by atoms with Gasteiger partial charge in [0, 0.05) is 11.1 Å². The third-order valence-corrected chi connectivity index (χ3v) is 6.07. The predicted octanol–water partition coefficient (Wildman–Crippen LogP) is 5.89. The predicted molar refractivity (Wildman–Crippen MR) is 138 cm³/mol. The summed E-state index contributed by atoms with van der Waals surface area (Å²) in [6.45, 7) is 2.62. The van der Waals surface area contributed by atoms with Crippen LogP contribution in [0.2, 0.25) is 0 Å². The largest absolute Gasteiger partial charge is 0.495 e. The molecule has 1 heterocycles. The third-order valence-electron chi connectivity index (χ3n) is 4.78. The second kappa shape index (κ2) is 10.4. The molecule has 0 radical (unpaired) electrons. The Hall–Kier alpha value is -3.49. The molecular weight excluding hydrogens is 454 g/mol. The number of carbonyl (C=O) groups excluding carboxylic acids is 1. The smallest absolute Gasteiger partial charge is 0.257 e. The fourth-order valence-corrected chi connectivity index (χ4v) is 4.37. The third kappa shape index (κ3) is 5.47. The molecule has 0 atom stereocenters. The lowest BCUT2D eigenvalue weighted by Gasteiger charge is -2.14. The summed E-state index contributed by atoms with van der Waals surface area (Å²) >= 11 is 7.00. The monoisotopic (exact) mass is 477 g/mol. The van der Waals surface area contributed by atoms with Gasteiger partial charge in [-0.1, -0.05) is 25.1 Å². The van der Waals surface area contributed by atoms with Gasteiger partial charge in [0.1, 0.15) is 16.5 Å². The van der Waals surface area contributed by atoms with Crippen LogP contribution >= 0.6 is 23.6 Å². The number of aromatic nitrogens is 1. The van der Waals surface area contributed by atoms with Crippen molar-refractivity contribution >= 4 is 50.5 Å². The lowest BCUT2D eigenvalue weighted by Crippen LogP contribution is -2.34. The van der Waals surface area contributed by atoms with E-state index in [4.69, 9.17) is 26.7 Å². The summed E-state index contributed by atoms with van der Waals surface area (Å²) in [5.41, 5.74) is 2.98. The van der Waals surface area contributed by atoms with Gasteiger partial charge in [0.15, 0.2) is 5.11 Å². The lowest BCUT2D eigenvalue weighted by molar-refractivity contribution is 0.0977. The van der Waals surface area contributed by atoms with Crippen LogP contribution in [-0.2, 0) is 0 Å². The van der Waals surface area contributed by atoms with Gasteiger partial charge in [-0.05, 0) is 67.2 Å². The van der Waals surface area contributed by atoms with Crippen LogP contribution in [-0.4, -0.2) is 29.7 Å². The van der Waals surface area contributed by atoms with E-state index in [0.717, 1.165) is 27.2 Å². The van der Waals surface area contributed by atoms with E-state index in [1.807, 2.05) is 55.5 Å². The Morgan fingerprint density at radius 3 is 2.73 bits per heavy atom. The molecule has 4 aromatic rings. The summed E-state index contributed by atoms with van der Waals surface area (Å²) in [6, 6.07) is 20.7. The number of ether oxygens (including phenoxy) is 2. The van der Waals surface area contributed by atoms with Gasteiger partial charge in [-0.2, -0.15) is 0 Å². The maximum Gasteiger partial charge on any atom is 0.257 e. The average molecular weight is 478 g/mol. The number of thiazole rings is 1. The van der Waals surface area contributed by atoms with Gasteiger partial charge in [0.2, 0.25) is 0 Å². The lowest BCUT2D eigenvalue weighted by atomic mass is 10.2. The number of nitrogens with one attached hydrogen (secondary N) is 2. The quantitative estimate of drug-likeness (QED) is 0.324. The number of nitrogens with zero attached hydrogens (tertiary/aromatic N) is 1. The number of fused-ring (bicyclic) bond motifs is 1. The van der Waals surface area contributed by atoms with E-state index in [-0.39, 0.29) is 11.0 Å². The maximum absolute atomic E-state index is 12.7. The first kappa shape index (κ1) is 22.7. The summed E-state index contributed by atoms with van der Waals surface area (Å²) in [4.78, 5) is 17.4. The fourth-order valence-electron chi connectivity index (χ4n) is 3.21. The van der Waals surface area contributed by atoms with Crippen LogP contribution in [0.25, 0.3) is 20.8 Å². The van der Waals surface area contributed by atoms with Crippen LogP contribution in [0.1, 0.15) is 23.7 Å². The van der Waals surface area contributed by atoms with Gasteiger partial charge in [-0.25, -0.2) is 4.98 Å². The highest BCUT2D eigenvalue weighted by molar-refractivity contribution is 7.80. The highest BCUT2D eigenvalue weighted by Gasteiger charge is 2.13. The summed E-state index contributed by atoms with van der Waals surface area (Å²) in [7, 11) is 1.58. The van der Waals surface area contributed by atoms with Crippen molar-refractivity contribution in [2.45, 2.75) is 13.3 Å². The van der Waals surface area contributed by atoms with Gasteiger partial charge < -0.3 is 14.8 Å². The zero-order chi connectivity index (χ0) is 23.2. The van der Waals surface area contributed by atoms with Crippen molar-refractivity contribution in [3.05, 3.63) is 72.3 Å². The van der Waals surface area contributed by atoms with Gasteiger partial charge in [-0.15, -0.1) is 11.3 Å². The van der Waals surface area contributed by atoms with E-state index in [2.05, 4.69) is 10.6 Å². The van der Waals surface area contributed by atoms with E-state index >= 15 is 0 Å². The molecule has 0 saturated carbocycles. The Morgan fingerprint density at radius 1 is 1.09 bits per heavy atom. The Labute approximate surface area is 201 Å². The topological polar surface area (TPSA) is 72.5 Å². The number of rotatable bonds is 7. The molecule has 0 fully saturated rings. The Bertz CT molecular complexity index is 1270. The van der Waals surface area contributed by atoms with Crippen molar-refractivity contribution in [3.8, 4) is 22.1 Å². The molecule has 168 valence electrons. The maximum atomic E-state index is 12.7. The Morgan fingerprint density at radius 2 is 1.94 bits per heavy atom. The number of carbonyl (C=O) groups is 1. The van der Waals surface area contributed by atoms with Gasteiger partial charge >= 0.3 is 0 Å². The van der Waals surface area contributed by atoms with Crippen molar-refractivity contribution in [3.63, 3.8) is 0 Å². The summed E-state index contributed by atoms with van der Waals surface area (Å²) < 4.78 is 12.2. The van der Waals surface area contributed by atoms with Crippen LogP contribution < -0.4 is 20.1 Å². The number of anilines is 1. The van der Waals surface area contributed by atoms with E-state index < -0.39 is 0 Å². The zero-order valence-corrected chi connectivity index (χ0v) is 19.9.